The van der Waals surface area contributed by atoms with Gasteiger partial charge in [-0.15, -0.1) is 0 Å². The lowest BCUT2D eigenvalue weighted by Gasteiger charge is -2.32. The average molecular weight is 297 g/mol. The van der Waals surface area contributed by atoms with Crippen molar-refractivity contribution in [2.75, 3.05) is 50.8 Å². The highest BCUT2D eigenvalue weighted by Gasteiger charge is 2.24. The molecule has 0 radical (unpaired) electrons. The van der Waals surface area contributed by atoms with Crippen molar-refractivity contribution in [2.24, 2.45) is 5.92 Å². The van der Waals surface area contributed by atoms with Gasteiger partial charge >= 0.3 is 0 Å². The Bertz CT molecular complexity index is 465. The smallest absolute Gasteiger partial charge is 0.267 e. The summed E-state index contributed by atoms with van der Waals surface area (Å²) in [6, 6.07) is 0. The molecule has 3 N–H and O–H groups in total. The number of aromatic nitrogens is 1. The molecule has 6 nitrogen and oxygen atoms in total. The topological polar surface area (TPSA) is 74.5 Å². The summed E-state index contributed by atoms with van der Waals surface area (Å²) in [5.74, 6) is 0.868. The van der Waals surface area contributed by atoms with E-state index in [4.69, 9.17) is 5.73 Å². The van der Waals surface area contributed by atoms with Crippen LogP contribution in [0, 0.1) is 5.92 Å². The van der Waals surface area contributed by atoms with Gasteiger partial charge in [-0.2, -0.15) is 0 Å². The Morgan fingerprint density at radius 1 is 1.40 bits per heavy atom. The Morgan fingerprint density at radius 2 is 2.05 bits per heavy atom. The zero-order valence-electron chi connectivity index (χ0n) is 12.3. The van der Waals surface area contributed by atoms with Crippen LogP contribution in [0.4, 0.5) is 10.9 Å². The van der Waals surface area contributed by atoms with E-state index < -0.39 is 0 Å². The number of carbonyl (C=O) groups excluding carboxylic acids is 1. The Kier molecular flexibility index (Phi) is 4.82. The molecule has 2 heterocycles. The van der Waals surface area contributed by atoms with Gasteiger partial charge in [0.05, 0.1) is 0 Å². The Morgan fingerprint density at radius 3 is 2.65 bits per heavy atom. The summed E-state index contributed by atoms with van der Waals surface area (Å²) in [6.45, 7) is 8.39. The van der Waals surface area contributed by atoms with E-state index in [0.717, 1.165) is 37.9 Å². The van der Waals surface area contributed by atoms with Crippen molar-refractivity contribution in [1.82, 2.24) is 14.8 Å². The molecule has 20 heavy (non-hydrogen) atoms. The number of likely N-dealkylation sites (N-methyl/N-ethyl adjacent to an activating group) is 1. The van der Waals surface area contributed by atoms with Crippen molar-refractivity contribution in [3.8, 4) is 0 Å². The number of hydrogen-bond donors (Lipinski definition) is 2. The molecule has 1 aliphatic rings. The lowest BCUT2D eigenvalue weighted by atomic mass is 10.2. The first kappa shape index (κ1) is 15.1. The van der Waals surface area contributed by atoms with Gasteiger partial charge in [-0.1, -0.05) is 25.2 Å². The van der Waals surface area contributed by atoms with Gasteiger partial charge in [-0.25, -0.2) is 4.98 Å². The first-order valence-corrected chi connectivity index (χ1v) is 7.77. The highest BCUT2D eigenvalue weighted by molar-refractivity contribution is 7.18. The minimum Gasteiger partial charge on any atom is -0.382 e. The van der Waals surface area contributed by atoms with Crippen molar-refractivity contribution >= 4 is 28.2 Å². The SMILES string of the molecule is CC(C)CNc1nc(N)c(C(=O)N2CCN(C)CC2)s1. The molecule has 1 amide bonds. The maximum atomic E-state index is 12.4. The van der Waals surface area contributed by atoms with Crippen LogP contribution < -0.4 is 11.1 Å². The van der Waals surface area contributed by atoms with Gasteiger partial charge in [0, 0.05) is 32.7 Å². The summed E-state index contributed by atoms with van der Waals surface area (Å²) in [4.78, 5) is 21.3. The highest BCUT2D eigenvalue weighted by Crippen LogP contribution is 2.26. The Hall–Kier alpha value is -1.34. The van der Waals surface area contributed by atoms with Crippen LogP contribution >= 0.6 is 11.3 Å². The number of amides is 1. The quantitative estimate of drug-likeness (QED) is 0.873. The van der Waals surface area contributed by atoms with Gasteiger partial charge in [0.1, 0.15) is 10.7 Å². The van der Waals surface area contributed by atoms with Crippen LogP contribution in [0.25, 0.3) is 0 Å². The molecule has 1 fully saturated rings. The molecule has 0 aromatic carbocycles. The number of nitrogens with two attached hydrogens (primary N) is 1. The van der Waals surface area contributed by atoms with Crippen LogP contribution in [-0.4, -0.2) is 60.5 Å². The number of hydrogen-bond acceptors (Lipinski definition) is 6. The van der Waals surface area contributed by atoms with Crippen LogP contribution in [0.2, 0.25) is 0 Å². The fourth-order valence-corrected chi connectivity index (χ4v) is 2.86. The Labute approximate surface area is 124 Å². The summed E-state index contributed by atoms with van der Waals surface area (Å²) in [5.41, 5.74) is 5.88. The molecule has 0 bridgehead atoms. The van der Waals surface area contributed by atoms with Crippen molar-refractivity contribution in [3.05, 3.63) is 4.88 Å². The second-order valence-corrected chi connectivity index (χ2v) is 6.60. The summed E-state index contributed by atoms with van der Waals surface area (Å²) >= 11 is 1.35. The molecule has 0 atom stereocenters. The fraction of sp³-hybridized carbons (Fsp3) is 0.692. The van der Waals surface area contributed by atoms with Crippen molar-refractivity contribution in [1.29, 1.82) is 0 Å². The number of nitrogen functional groups attached to an aromatic ring is 1. The van der Waals surface area contributed by atoms with E-state index in [1.54, 1.807) is 0 Å². The second-order valence-electron chi connectivity index (χ2n) is 5.60. The van der Waals surface area contributed by atoms with E-state index in [1.807, 2.05) is 4.90 Å². The highest BCUT2D eigenvalue weighted by atomic mass is 32.1. The predicted molar refractivity (Wildman–Crippen MR) is 83.3 cm³/mol. The molecule has 7 heteroatoms. The van der Waals surface area contributed by atoms with Gasteiger partial charge in [0.15, 0.2) is 5.13 Å². The molecule has 112 valence electrons. The first-order chi connectivity index (χ1) is 9.47. The molecular formula is C13H23N5OS. The molecule has 2 rings (SSSR count). The second kappa shape index (κ2) is 6.41. The van der Waals surface area contributed by atoms with Crippen molar-refractivity contribution in [2.45, 2.75) is 13.8 Å². The maximum Gasteiger partial charge on any atom is 0.267 e. The normalized spacial score (nSPS) is 16.7. The van der Waals surface area contributed by atoms with Gasteiger partial charge in [0.2, 0.25) is 0 Å². The minimum atomic E-state index is 0.00527. The number of nitrogens with zero attached hydrogens (tertiary/aromatic N) is 3. The molecule has 0 spiro atoms. The third-order valence-corrected chi connectivity index (χ3v) is 4.32. The van der Waals surface area contributed by atoms with Gasteiger partial charge < -0.3 is 20.9 Å². The molecule has 1 aliphatic heterocycles. The standard InChI is InChI=1S/C13H23N5OS/c1-9(2)8-15-13-16-11(14)10(20-13)12(19)18-6-4-17(3)5-7-18/h9H,4-8,14H2,1-3H3,(H,15,16). The largest absolute Gasteiger partial charge is 0.382 e. The van der Waals surface area contributed by atoms with Crippen LogP contribution in [0.15, 0.2) is 0 Å². The number of piperazine rings is 1. The monoisotopic (exact) mass is 297 g/mol. The van der Waals surface area contributed by atoms with E-state index in [2.05, 4.69) is 36.1 Å². The molecular weight excluding hydrogens is 274 g/mol. The lowest BCUT2D eigenvalue weighted by molar-refractivity contribution is 0.0670. The van der Waals surface area contributed by atoms with Crippen molar-refractivity contribution in [3.63, 3.8) is 0 Å². The maximum absolute atomic E-state index is 12.4. The summed E-state index contributed by atoms with van der Waals surface area (Å²) in [5, 5.41) is 3.95. The van der Waals surface area contributed by atoms with Crippen LogP contribution in [0.3, 0.4) is 0 Å². The first-order valence-electron chi connectivity index (χ1n) is 6.95. The van der Waals surface area contributed by atoms with E-state index in [0.29, 0.717) is 16.6 Å². The lowest BCUT2D eigenvalue weighted by Crippen LogP contribution is -2.47. The average Bonchev–Trinajstić information content (AvgIpc) is 2.78. The Balaban J connectivity index is 2.02. The molecule has 0 aliphatic carbocycles. The molecule has 1 aromatic heterocycles. The zero-order chi connectivity index (χ0) is 14.7. The predicted octanol–water partition coefficient (Wildman–Crippen LogP) is 1.18. The summed E-state index contributed by atoms with van der Waals surface area (Å²) in [6.07, 6.45) is 0. The summed E-state index contributed by atoms with van der Waals surface area (Å²) < 4.78 is 0. The molecule has 1 saturated heterocycles. The van der Waals surface area contributed by atoms with Crippen LogP contribution in [0.5, 0.6) is 0 Å². The minimum absolute atomic E-state index is 0.00527. The van der Waals surface area contributed by atoms with Gasteiger partial charge in [-0.05, 0) is 13.0 Å². The van der Waals surface area contributed by atoms with Crippen LogP contribution in [-0.2, 0) is 0 Å². The van der Waals surface area contributed by atoms with E-state index in [-0.39, 0.29) is 5.91 Å². The summed E-state index contributed by atoms with van der Waals surface area (Å²) in [7, 11) is 2.07. The molecule has 0 saturated carbocycles. The fourth-order valence-electron chi connectivity index (χ4n) is 2.01. The number of anilines is 2. The van der Waals surface area contributed by atoms with Gasteiger partial charge in [0.25, 0.3) is 5.91 Å². The molecule has 0 unspecified atom stereocenters. The number of carbonyl (C=O) groups is 1. The zero-order valence-corrected chi connectivity index (χ0v) is 13.2. The molecule has 1 aromatic rings. The number of rotatable bonds is 4. The van der Waals surface area contributed by atoms with E-state index >= 15 is 0 Å². The van der Waals surface area contributed by atoms with Gasteiger partial charge in [-0.3, -0.25) is 4.79 Å². The van der Waals surface area contributed by atoms with Crippen molar-refractivity contribution < 1.29 is 4.79 Å². The van der Waals surface area contributed by atoms with Crippen LogP contribution in [0.1, 0.15) is 23.5 Å². The van der Waals surface area contributed by atoms with E-state index in [9.17, 15) is 4.79 Å². The van der Waals surface area contributed by atoms with E-state index in [1.165, 1.54) is 11.3 Å². The third kappa shape index (κ3) is 3.61. The number of thiazole rings is 1. The number of nitrogens with one attached hydrogen (secondary N) is 1. The third-order valence-electron chi connectivity index (χ3n) is 3.30.